The zero-order valence-electron chi connectivity index (χ0n) is 11.3. The first-order valence-corrected chi connectivity index (χ1v) is 6.61. The second kappa shape index (κ2) is 5.63. The summed E-state index contributed by atoms with van der Waals surface area (Å²) in [6.07, 6.45) is 0. The van der Waals surface area contributed by atoms with Crippen LogP contribution in [-0.4, -0.2) is 5.91 Å². The summed E-state index contributed by atoms with van der Waals surface area (Å²) in [6, 6.07) is 13.7. The van der Waals surface area contributed by atoms with Crippen molar-refractivity contribution in [2.75, 3.05) is 0 Å². The lowest BCUT2D eigenvalue weighted by molar-refractivity contribution is 0.0908. The largest absolute Gasteiger partial charge is 0.343 e. The lowest BCUT2D eigenvalue weighted by atomic mass is 9.94. The van der Waals surface area contributed by atoms with Crippen molar-refractivity contribution in [3.05, 3.63) is 70.5 Å². The molecule has 0 atom stereocenters. The van der Waals surface area contributed by atoms with Gasteiger partial charge in [-0.1, -0.05) is 48.0 Å². The Morgan fingerprint density at radius 3 is 2.35 bits per heavy atom. The lowest BCUT2D eigenvalue weighted by Gasteiger charge is -2.27. The maximum atomic E-state index is 13.7. The number of amides is 1. The van der Waals surface area contributed by atoms with E-state index in [-0.39, 0.29) is 10.6 Å². The highest BCUT2D eigenvalue weighted by atomic mass is 35.5. The summed E-state index contributed by atoms with van der Waals surface area (Å²) in [7, 11) is 0. The molecule has 0 aromatic heterocycles. The van der Waals surface area contributed by atoms with Crippen LogP contribution in [0.4, 0.5) is 4.39 Å². The highest BCUT2D eigenvalue weighted by Gasteiger charge is 2.25. The van der Waals surface area contributed by atoms with Gasteiger partial charge in [-0.05, 0) is 31.5 Å². The number of halogens is 2. The third-order valence-corrected chi connectivity index (χ3v) is 3.43. The molecular weight excluding hydrogens is 277 g/mol. The molecule has 0 aliphatic heterocycles. The molecule has 0 unspecified atom stereocenters. The second-order valence-corrected chi connectivity index (χ2v) is 5.45. The fraction of sp³-hybridized carbons (Fsp3) is 0.188. The van der Waals surface area contributed by atoms with Crippen molar-refractivity contribution in [3.8, 4) is 0 Å². The Morgan fingerprint density at radius 2 is 1.75 bits per heavy atom. The van der Waals surface area contributed by atoms with E-state index in [1.807, 2.05) is 44.2 Å². The Balaban J connectivity index is 2.28. The third-order valence-electron chi connectivity index (χ3n) is 3.11. The molecule has 2 nitrogen and oxygen atoms in total. The predicted molar refractivity (Wildman–Crippen MR) is 78.3 cm³/mol. The van der Waals surface area contributed by atoms with Gasteiger partial charge in [0.05, 0.1) is 16.1 Å². The van der Waals surface area contributed by atoms with Gasteiger partial charge in [0.1, 0.15) is 5.82 Å². The Morgan fingerprint density at radius 1 is 1.10 bits per heavy atom. The molecule has 20 heavy (non-hydrogen) atoms. The first-order chi connectivity index (χ1) is 9.42. The van der Waals surface area contributed by atoms with Crippen LogP contribution in [0.1, 0.15) is 29.8 Å². The van der Waals surface area contributed by atoms with Crippen LogP contribution < -0.4 is 5.32 Å². The molecule has 2 aromatic carbocycles. The molecule has 1 amide bonds. The van der Waals surface area contributed by atoms with Gasteiger partial charge in [-0.25, -0.2) is 4.39 Å². The van der Waals surface area contributed by atoms with E-state index < -0.39 is 17.3 Å². The first kappa shape index (κ1) is 14.5. The maximum Gasteiger partial charge on any atom is 0.256 e. The molecule has 0 aliphatic carbocycles. The highest BCUT2D eigenvalue weighted by Crippen LogP contribution is 2.23. The number of nitrogens with one attached hydrogen (secondary N) is 1. The Bertz CT molecular complexity index is 605. The summed E-state index contributed by atoms with van der Waals surface area (Å²) in [5.41, 5.74) is 0.184. The topological polar surface area (TPSA) is 29.1 Å². The van der Waals surface area contributed by atoms with E-state index in [4.69, 9.17) is 11.6 Å². The van der Waals surface area contributed by atoms with Gasteiger partial charge >= 0.3 is 0 Å². The Kier molecular flexibility index (Phi) is 4.09. The fourth-order valence-corrected chi connectivity index (χ4v) is 2.24. The summed E-state index contributed by atoms with van der Waals surface area (Å²) >= 11 is 5.90. The molecule has 0 radical (unpaired) electrons. The summed E-state index contributed by atoms with van der Waals surface area (Å²) in [5.74, 6) is -1.15. The summed E-state index contributed by atoms with van der Waals surface area (Å²) in [6.45, 7) is 3.71. The smallest absolute Gasteiger partial charge is 0.256 e. The molecular formula is C16H15ClFNO. The number of carbonyl (C=O) groups excluding carboxylic acids is 1. The van der Waals surface area contributed by atoms with E-state index in [1.54, 1.807) is 0 Å². The molecule has 1 N–H and O–H groups in total. The average molecular weight is 292 g/mol. The summed E-state index contributed by atoms with van der Waals surface area (Å²) in [5, 5.41) is 2.91. The van der Waals surface area contributed by atoms with E-state index in [2.05, 4.69) is 5.32 Å². The van der Waals surface area contributed by atoms with Crippen LogP contribution in [0.25, 0.3) is 0 Å². The van der Waals surface area contributed by atoms with Crippen molar-refractivity contribution in [1.29, 1.82) is 0 Å². The SMILES string of the molecule is CC(C)(NC(=O)c1c(F)cccc1Cl)c1ccccc1. The Hall–Kier alpha value is -1.87. The van der Waals surface area contributed by atoms with E-state index >= 15 is 0 Å². The van der Waals surface area contributed by atoms with Crippen LogP contribution in [-0.2, 0) is 5.54 Å². The van der Waals surface area contributed by atoms with Gasteiger partial charge in [0.2, 0.25) is 0 Å². The minimum absolute atomic E-state index is 0.103. The maximum absolute atomic E-state index is 13.7. The van der Waals surface area contributed by atoms with Crippen molar-refractivity contribution in [3.63, 3.8) is 0 Å². The standard InChI is InChI=1S/C16H15ClFNO/c1-16(2,11-7-4-3-5-8-11)19-15(20)14-12(17)9-6-10-13(14)18/h3-10H,1-2H3,(H,19,20). The quantitative estimate of drug-likeness (QED) is 0.904. The van der Waals surface area contributed by atoms with Crippen molar-refractivity contribution in [1.82, 2.24) is 5.32 Å². The van der Waals surface area contributed by atoms with Crippen LogP contribution in [0.2, 0.25) is 5.02 Å². The van der Waals surface area contributed by atoms with Gasteiger partial charge in [0, 0.05) is 0 Å². The highest BCUT2D eigenvalue weighted by molar-refractivity contribution is 6.33. The van der Waals surface area contributed by atoms with Gasteiger partial charge in [-0.2, -0.15) is 0 Å². The van der Waals surface area contributed by atoms with Crippen molar-refractivity contribution < 1.29 is 9.18 Å². The molecule has 0 spiro atoms. The molecule has 104 valence electrons. The number of hydrogen-bond acceptors (Lipinski definition) is 1. The van der Waals surface area contributed by atoms with Gasteiger partial charge in [-0.3, -0.25) is 4.79 Å². The monoisotopic (exact) mass is 291 g/mol. The van der Waals surface area contributed by atoms with E-state index in [9.17, 15) is 9.18 Å². The van der Waals surface area contributed by atoms with E-state index in [0.717, 1.165) is 5.56 Å². The van der Waals surface area contributed by atoms with Crippen LogP contribution in [0.3, 0.4) is 0 Å². The number of rotatable bonds is 3. The van der Waals surface area contributed by atoms with Crippen molar-refractivity contribution in [2.45, 2.75) is 19.4 Å². The van der Waals surface area contributed by atoms with Crippen LogP contribution in [0.15, 0.2) is 48.5 Å². The molecule has 0 saturated heterocycles. The fourth-order valence-electron chi connectivity index (χ4n) is 1.99. The number of benzene rings is 2. The van der Waals surface area contributed by atoms with Gasteiger partial charge in [0.15, 0.2) is 0 Å². The van der Waals surface area contributed by atoms with Crippen LogP contribution in [0, 0.1) is 5.82 Å². The van der Waals surface area contributed by atoms with Crippen molar-refractivity contribution in [2.24, 2.45) is 0 Å². The molecule has 0 bridgehead atoms. The first-order valence-electron chi connectivity index (χ1n) is 6.24. The lowest BCUT2D eigenvalue weighted by Crippen LogP contribution is -2.41. The normalized spacial score (nSPS) is 11.2. The zero-order chi connectivity index (χ0) is 14.8. The average Bonchev–Trinajstić information content (AvgIpc) is 2.39. The van der Waals surface area contributed by atoms with Crippen LogP contribution in [0.5, 0.6) is 0 Å². The zero-order valence-corrected chi connectivity index (χ0v) is 12.0. The predicted octanol–water partition coefficient (Wildman–Crippen LogP) is 4.14. The summed E-state index contributed by atoms with van der Waals surface area (Å²) < 4.78 is 13.7. The van der Waals surface area contributed by atoms with E-state index in [0.29, 0.717) is 0 Å². The molecule has 0 heterocycles. The van der Waals surface area contributed by atoms with Crippen molar-refractivity contribution >= 4 is 17.5 Å². The Labute approximate surface area is 122 Å². The van der Waals surface area contributed by atoms with Crippen LogP contribution >= 0.6 is 11.6 Å². The summed E-state index contributed by atoms with van der Waals surface area (Å²) in [4.78, 5) is 12.2. The minimum Gasteiger partial charge on any atom is -0.343 e. The molecule has 2 rings (SSSR count). The number of carbonyl (C=O) groups is 1. The molecule has 0 fully saturated rings. The molecule has 4 heteroatoms. The van der Waals surface area contributed by atoms with Gasteiger partial charge in [0.25, 0.3) is 5.91 Å². The number of hydrogen-bond donors (Lipinski definition) is 1. The van der Waals surface area contributed by atoms with Gasteiger partial charge < -0.3 is 5.32 Å². The van der Waals surface area contributed by atoms with Gasteiger partial charge in [-0.15, -0.1) is 0 Å². The molecule has 0 aliphatic rings. The molecule has 0 saturated carbocycles. The van der Waals surface area contributed by atoms with E-state index in [1.165, 1.54) is 18.2 Å². The second-order valence-electron chi connectivity index (χ2n) is 5.04. The minimum atomic E-state index is -0.626. The molecule has 2 aromatic rings. The third kappa shape index (κ3) is 2.99.